The molecule has 2 aromatic heterocycles. The van der Waals surface area contributed by atoms with E-state index < -0.39 is 0 Å². The predicted octanol–water partition coefficient (Wildman–Crippen LogP) is 3.73. The number of rotatable bonds is 4. The number of fused-ring (bicyclic) bond motifs is 1. The zero-order chi connectivity index (χ0) is 16.2. The Morgan fingerprint density at radius 3 is 2.96 bits per heavy atom. The van der Waals surface area contributed by atoms with Crippen LogP contribution in [-0.2, 0) is 0 Å². The molecule has 3 aromatic rings. The number of amides is 2. The monoisotopic (exact) mass is 328 g/mol. The smallest absolute Gasteiger partial charge is 0.308 e. The number of nitrogens with one attached hydrogen (secondary N) is 3. The fraction of sp³-hybridized carbons (Fsp3) is 0.200. The number of hydrogen-bond donors (Lipinski definition) is 3. The second-order valence-electron chi connectivity index (χ2n) is 5.30. The van der Waals surface area contributed by atoms with E-state index in [-0.39, 0.29) is 6.03 Å². The summed E-state index contributed by atoms with van der Waals surface area (Å²) in [5.41, 5.74) is 3.97. The van der Waals surface area contributed by atoms with E-state index >= 15 is 0 Å². The molecule has 0 unspecified atom stereocenters. The van der Waals surface area contributed by atoms with E-state index in [1.165, 1.54) is 11.3 Å². The van der Waals surface area contributed by atoms with Gasteiger partial charge in [-0.3, -0.25) is 10.4 Å². The number of allylic oxidation sites excluding steroid dienone is 1. The summed E-state index contributed by atoms with van der Waals surface area (Å²) >= 11 is 1.26. The Morgan fingerprint density at radius 1 is 1.35 bits per heavy atom. The van der Waals surface area contributed by atoms with Crippen LogP contribution in [0.2, 0.25) is 0 Å². The number of nitrogens with zero attached hydrogens (tertiary/aromatic N) is 3. The zero-order valence-corrected chi connectivity index (χ0v) is 13.5. The van der Waals surface area contributed by atoms with E-state index in [0.29, 0.717) is 16.7 Å². The molecule has 3 N–H and O–H groups in total. The maximum Gasteiger partial charge on any atom is 0.325 e. The molecular weight excluding hydrogens is 312 g/mol. The summed E-state index contributed by atoms with van der Waals surface area (Å²) in [5, 5.41) is 21.5. The summed E-state index contributed by atoms with van der Waals surface area (Å²) in [4.78, 5) is 11.9. The number of aromatic amines is 1. The second kappa shape index (κ2) is 6.57. The summed E-state index contributed by atoms with van der Waals surface area (Å²) in [6, 6.07) is 5.25. The highest BCUT2D eigenvalue weighted by Gasteiger charge is 2.08. The normalized spacial score (nSPS) is 11.4. The fourth-order valence-corrected chi connectivity index (χ4v) is 2.46. The summed E-state index contributed by atoms with van der Waals surface area (Å²) in [5.74, 6) is 0.465. The van der Waals surface area contributed by atoms with Gasteiger partial charge in [0.2, 0.25) is 5.13 Å². The first-order chi connectivity index (χ1) is 11.1. The van der Waals surface area contributed by atoms with Crippen LogP contribution in [0.3, 0.4) is 0 Å². The molecule has 1 aromatic carbocycles. The van der Waals surface area contributed by atoms with Crippen molar-refractivity contribution in [2.45, 2.75) is 13.8 Å². The molecule has 3 rings (SSSR count). The summed E-state index contributed by atoms with van der Waals surface area (Å²) in [6.45, 7) is 4.23. The van der Waals surface area contributed by atoms with E-state index in [1.807, 2.05) is 24.3 Å². The van der Waals surface area contributed by atoms with E-state index in [9.17, 15) is 4.79 Å². The lowest BCUT2D eigenvalue weighted by Crippen LogP contribution is -2.19. The van der Waals surface area contributed by atoms with E-state index in [1.54, 1.807) is 5.51 Å². The molecular formula is C15H16N6OS. The van der Waals surface area contributed by atoms with E-state index in [2.05, 4.69) is 51.0 Å². The van der Waals surface area contributed by atoms with Crippen molar-refractivity contribution in [3.8, 4) is 0 Å². The molecule has 118 valence electrons. The molecule has 23 heavy (non-hydrogen) atoms. The highest BCUT2D eigenvalue weighted by Crippen LogP contribution is 2.22. The maximum absolute atomic E-state index is 11.9. The summed E-state index contributed by atoms with van der Waals surface area (Å²) in [6.07, 6.45) is 4.09. The van der Waals surface area contributed by atoms with Crippen LogP contribution in [0, 0.1) is 5.92 Å². The lowest BCUT2D eigenvalue weighted by atomic mass is 10.1. The van der Waals surface area contributed by atoms with Crippen LogP contribution in [0.1, 0.15) is 19.5 Å². The van der Waals surface area contributed by atoms with E-state index in [0.717, 1.165) is 16.6 Å². The van der Waals surface area contributed by atoms with Gasteiger partial charge in [0, 0.05) is 11.1 Å². The average molecular weight is 328 g/mol. The molecule has 0 fully saturated rings. The van der Waals surface area contributed by atoms with Gasteiger partial charge in [-0.1, -0.05) is 31.3 Å². The lowest BCUT2D eigenvalue weighted by Gasteiger charge is -2.05. The van der Waals surface area contributed by atoms with Crippen LogP contribution in [0.15, 0.2) is 29.8 Å². The van der Waals surface area contributed by atoms with Gasteiger partial charge in [0.25, 0.3) is 0 Å². The van der Waals surface area contributed by atoms with Crippen LogP contribution in [0.5, 0.6) is 0 Å². The highest BCUT2D eigenvalue weighted by molar-refractivity contribution is 7.13. The summed E-state index contributed by atoms with van der Waals surface area (Å²) in [7, 11) is 0. The predicted molar refractivity (Wildman–Crippen MR) is 92.5 cm³/mol. The van der Waals surface area contributed by atoms with Crippen LogP contribution in [-0.4, -0.2) is 26.4 Å². The Hall–Kier alpha value is -2.74. The topological polar surface area (TPSA) is 95.6 Å². The van der Waals surface area contributed by atoms with Crippen LogP contribution in [0.25, 0.3) is 17.0 Å². The van der Waals surface area contributed by atoms with Gasteiger partial charge < -0.3 is 5.32 Å². The van der Waals surface area contributed by atoms with Crippen molar-refractivity contribution in [1.82, 2.24) is 20.4 Å². The Bertz CT molecular complexity index is 837. The van der Waals surface area contributed by atoms with Crippen molar-refractivity contribution in [2.75, 3.05) is 10.6 Å². The van der Waals surface area contributed by atoms with Gasteiger partial charge in [-0.05, 0) is 30.2 Å². The Kier molecular flexibility index (Phi) is 4.33. The van der Waals surface area contributed by atoms with Crippen LogP contribution in [0.4, 0.5) is 15.6 Å². The molecule has 8 heteroatoms. The third kappa shape index (κ3) is 3.72. The maximum atomic E-state index is 11.9. The van der Waals surface area contributed by atoms with Crippen molar-refractivity contribution < 1.29 is 4.79 Å². The van der Waals surface area contributed by atoms with Gasteiger partial charge in [0.15, 0.2) is 0 Å². The minimum atomic E-state index is -0.361. The van der Waals surface area contributed by atoms with Crippen molar-refractivity contribution >= 4 is 45.2 Å². The largest absolute Gasteiger partial charge is 0.325 e. The van der Waals surface area contributed by atoms with Gasteiger partial charge in [-0.15, -0.1) is 10.2 Å². The standard InChI is InChI=1S/C15H16N6OS/c1-9(2)3-6-12-11-5-4-10(7-13(11)20-19-12)17-14(22)18-15-21-16-8-23-15/h3-9H,1-2H3,(H,19,20)(H2,17,18,21,22)/b6-3+. The molecule has 0 bridgehead atoms. The minimum absolute atomic E-state index is 0.361. The third-order valence-corrected chi connectivity index (χ3v) is 3.68. The van der Waals surface area contributed by atoms with Gasteiger partial charge >= 0.3 is 6.03 Å². The molecule has 2 heterocycles. The molecule has 2 amide bonds. The molecule has 0 spiro atoms. The molecule has 0 saturated carbocycles. The zero-order valence-electron chi connectivity index (χ0n) is 12.7. The Balaban J connectivity index is 1.74. The number of anilines is 2. The summed E-state index contributed by atoms with van der Waals surface area (Å²) < 4.78 is 0. The first kappa shape index (κ1) is 15.2. The van der Waals surface area contributed by atoms with Gasteiger partial charge in [0.1, 0.15) is 5.51 Å². The Labute approximate surface area is 136 Å². The number of H-pyrrole nitrogens is 1. The Morgan fingerprint density at radius 2 is 2.22 bits per heavy atom. The van der Waals surface area contributed by atoms with E-state index in [4.69, 9.17) is 0 Å². The number of urea groups is 1. The van der Waals surface area contributed by atoms with Crippen LogP contribution < -0.4 is 10.6 Å². The SMILES string of the molecule is CC(C)/C=C/c1n[nH]c2cc(NC(=O)Nc3nncs3)ccc12. The highest BCUT2D eigenvalue weighted by atomic mass is 32.1. The van der Waals surface area contributed by atoms with Crippen molar-refractivity contribution in [2.24, 2.45) is 5.92 Å². The van der Waals surface area contributed by atoms with Gasteiger partial charge in [-0.2, -0.15) is 5.10 Å². The second-order valence-corrected chi connectivity index (χ2v) is 6.13. The number of aromatic nitrogens is 4. The van der Waals surface area contributed by atoms with Gasteiger partial charge in [0.05, 0.1) is 11.2 Å². The molecule has 0 aliphatic rings. The van der Waals surface area contributed by atoms with Crippen molar-refractivity contribution in [1.29, 1.82) is 0 Å². The number of carbonyl (C=O) groups excluding carboxylic acids is 1. The molecule has 0 atom stereocenters. The lowest BCUT2D eigenvalue weighted by molar-refractivity contribution is 0.262. The quantitative estimate of drug-likeness (QED) is 0.680. The average Bonchev–Trinajstić information content (AvgIpc) is 3.14. The number of hydrogen-bond acceptors (Lipinski definition) is 5. The molecule has 0 aliphatic heterocycles. The first-order valence-corrected chi connectivity index (χ1v) is 8.00. The molecule has 0 radical (unpaired) electrons. The minimum Gasteiger partial charge on any atom is -0.308 e. The van der Waals surface area contributed by atoms with Crippen molar-refractivity contribution in [3.63, 3.8) is 0 Å². The molecule has 7 nitrogen and oxygen atoms in total. The first-order valence-electron chi connectivity index (χ1n) is 7.12. The fourth-order valence-electron chi connectivity index (χ4n) is 2.02. The third-order valence-electron chi connectivity index (χ3n) is 3.07. The van der Waals surface area contributed by atoms with Crippen LogP contribution >= 0.6 is 11.3 Å². The number of carbonyl (C=O) groups is 1. The molecule has 0 saturated heterocycles. The molecule has 0 aliphatic carbocycles. The van der Waals surface area contributed by atoms with Crippen molar-refractivity contribution in [3.05, 3.63) is 35.5 Å². The number of benzene rings is 1. The van der Waals surface area contributed by atoms with Gasteiger partial charge in [-0.25, -0.2) is 4.79 Å².